The van der Waals surface area contributed by atoms with Crippen LogP contribution in [0.4, 0.5) is 10.2 Å². The highest BCUT2D eigenvalue weighted by Gasteiger charge is 2.09. The summed E-state index contributed by atoms with van der Waals surface area (Å²) < 4.78 is 13.5. The number of nitrogens with zero attached hydrogens (tertiary/aromatic N) is 2. The van der Waals surface area contributed by atoms with Crippen molar-refractivity contribution in [3.05, 3.63) is 47.4 Å². The van der Waals surface area contributed by atoms with E-state index >= 15 is 0 Å². The first-order chi connectivity index (χ1) is 9.78. The van der Waals surface area contributed by atoms with E-state index in [1.807, 2.05) is 17.5 Å². The van der Waals surface area contributed by atoms with Crippen LogP contribution in [0.3, 0.4) is 0 Å². The zero-order valence-electron chi connectivity index (χ0n) is 10.3. The van der Waals surface area contributed by atoms with Crippen LogP contribution in [0.1, 0.15) is 5.82 Å². The molecule has 7 heteroatoms. The summed E-state index contributed by atoms with van der Waals surface area (Å²) >= 11 is 2.89. The van der Waals surface area contributed by atoms with E-state index in [2.05, 4.69) is 15.4 Å². The van der Waals surface area contributed by atoms with Crippen LogP contribution in [0.25, 0.3) is 10.2 Å². The van der Waals surface area contributed by atoms with Crippen molar-refractivity contribution in [2.75, 3.05) is 5.43 Å². The number of nitrogens with two attached hydrogens (primary N) is 1. The maximum absolute atomic E-state index is 13.5. The lowest BCUT2D eigenvalue weighted by Gasteiger charge is -2.05. The number of nitrogen functional groups attached to an aromatic ring is 1. The Kier molecular flexibility index (Phi) is 3.81. The highest BCUT2D eigenvalue weighted by molar-refractivity contribution is 7.98. The van der Waals surface area contributed by atoms with Gasteiger partial charge in [-0.2, -0.15) is 0 Å². The zero-order chi connectivity index (χ0) is 13.9. The van der Waals surface area contributed by atoms with E-state index in [0.717, 1.165) is 10.2 Å². The minimum atomic E-state index is -0.230. The molecule has 0 saturated carbocycles. The average Bonchev–Trinajstić information content (AvgIpc) is 2.94. The van der Waals surface area contributed by atoms with Gasteiger partial charge in [0.25, 0.3) is 0 Å². The van der Waals surface area contributed by atoms with Gasteiger partial charge in [-0.3, -0.25) is 0 Å². The zero-order valence-corrected chi connectivity index (χ0v) is 12.0. The summed E-state index contributed by atoms with van der Waals surface area (Å²) in [6.45, 7) is 0. The molecule has 0 aliphatic heterocycles. The summed E-state index contributed by atoms with van der Waals surface area (Å²) in [4.78, 5) is 10.3. The van der Waals surface area contributed by atoms with Gasteiger partial charge in [0.2, 0.25) is 0 Å². The maximum atomic E-state index is 13.5. The maximum Gasteiger partial charge on any atom is 0.152 e. The molecule has 0 fully saturated rings. The van der Waals surface area contributed by atoms with Gasteiger partial charge in [-0.1, -0.05) is 12.1 Å². The monoisotopic (exact) mass is 306 g/mol. The van der Waals surface area contributed by atoms with E-state index in [0.29, 0.717) is 22.3 Å². The molecule has 1 aromatic carbocycles. The van der Waals surface area contributed by atoms with Crippen molar-refractivity contribution < 1.29 is 4.39 Å². The Hall–Kier alpha value is -1.70. The number of hydrazine groups is 1. The van der Waals surface area contributed by atoms with Gasteiger partial charge in [0.05, 0.1) is 11.1 Å². The van der Waals surface area contributed by atoms with Crippen molar-refractivity contribution in [3.63, 3.8) is 0 Å². The molecule has 3 aromatic rings. The number of rotatable bonds is 4. The summed E-state index contributed by atoms with van der Waals surface area (Å²) in [5, 5.41) is 2.84. The molecule has 3 rings (SSSR count). The van der Waals surface area contributed by atoms with Gasteiger partial charge in [-0.15, -0.1) is 23.1 Å². The smallest absolute Gasteiger partial charge is 0.152 e. The highest BCUT2D eigenvalue weighted by atomic mass is 32.2. The number of fused-ring (bicyclic) bond motifs is 1. The lowest BCUT2D eigenvalue weighted by molar-refractivity contribution is 0.602. The van der Waals surface area contributed by atoms with Crippen LogP contribution in [0.2, 0.25) is 0 Å². The summed E-state index contributed by atoms with van der Waals surface area (Å²) in [7, 11) is 0. The van der Waals surface area contributed by atoms with E-state index in [9.17, 15) is 4.39 Å². The molecule has 102 valence electrons. The number of thiophene rings is 1. The minimum absolute atomic E-state index is 0.230. The molecule has 0 saturated heterocycles. The van der Waals surface area contributed by atoms with Gasteiger partial charge in [0.1, 0.15) is 16.5 Å². The molecule has 0 bridgehead atoms. The Morgan fingerprint density at radius 3 is 2.90 bits per heavy atom. The van der Waals surface area contributed by atoms with Crippen molar-refractivity contribution in [1.82, 2.24) is 9.97 Å². The van der Waals surface area contributed by atoms with Crippen molar-refractivity contribution in [2.45, 2.75) is 10.6 Å². The average molecular weight is 306 g/mol. The van der Waals surface area contributed by atoms with E-state index < -0.39 is 0 Å². The molecule has 2 aromatic heterocycles. The quantitative estimate of drug-likeness (QED) is 0.439. The first-order valence-corrected chi connectivity index (χ1v) is 7.72. The standard InChI is InChI=1S/C13H11FN4S2/c14-9-3-1-2-4-10(9)20-7-11-16-12(18-15)8-5-6-19-13(8)17-11/h1-6H,7,15H2,(H,16,17,18). The van der Waals surface area contributed by atoms with Crippen molar-refractivity contribution in [1.29, 1.82) is 0 Å². The summed E-state index contributed by atoms with van der Waals surface area (Å²) in [6, 6.07) is 8.58. The molecule has 20 heavy (non-hydrogen) atoms. The van der Waals surface area contributed by atoms with Crippen molar-refractivity contribution >= 4 is 39.1 Å². The Bertz CT molecular complexity index is 744. The third-order valence-corrected chi connectivity index (χ3v) is 4.55. The largest absolute Gasteiger partial charge is 0.308 e. The van der Waals surface area contributed by atoms with Crippen LogP contribution < -0.4 is 11.3 Å². The SMILES string of the molecule is NNc1nc(CSc2ccccc2F)nc2sccc12. The second kappa shape index (κ2) is 5.74. The number of thioether (sulfide) groups is 1. The lowest BCUT2D eigenvalue weighted by Crippen LogP contribution is -2.10. The van der Waals surface area contributed by atoms with E-state index in [1.165, 1.54) is 29.2 Å². The lowest BCUT2D eigenvalue weighted by atomic mass is 10.3. The molecular formula is C13H11FN4S2. The highest BCUT2D eigenvalue weighted by Crippen LogP contribution is 2.28. The molecule has 2 heterocycles. The van der Waals surface area contributed by atoms with Crippen LogP contribution in [-0.4, -0.2) is 9.97 Å². The normalized spacial score (nSPS) is 10.9. The molecule has 3 N–H and O–H groups in total. The summed E-state index contributed by atoms with van der Waals surface area (Å²) in [5.74, 6) is 6.96. The summed E-state index contributed by atoms with van der Waals surface area (Å²) in [6.07, 6.45) is 0. The molecule has 0 aliphatic rings. The Labute approximate surface area is 123 Å². The molecule has 4 nitrogen and oxygen atoms in total. The van der Waals surface area contributed by atoms with E-state index in [1.54, 1.807) is 12.1 Å². The number of anilines is 1. The topological polar surface area (TPSA) is 63.8 Å². The third-order valence-electron chi connectivity index (χ3n) is 2.70. The Morgan fingerprint density at radius 1 is 1.25 bits per heavy atom. The van der Waals surface area contributed by atoms with Crippen LogP contribution in [-0.2, 0) is 5.75 Å². The Balaban J connectivity index is 1.86. The first-order valence-electron chi connectivity index (χ1n) is 5.86. The van der Waals surface area contributed by atoms with E-state index in [4.69, 9.17) is 5.84 Å². The fourth-order valence-corrected chi connectivity index (χ4v) is 3.36. The van der Waals surface area contributed by atoms with Crippen molar-refractivity contribution in [3.8, 4) is 0 Å². The molecule has 0 unspecified atom stereocenters. The van der Waals surface area contributed by atoms with Gasteiger partial charge in [-0.05, 0) is 23.6 Å². The number of nitrogens with one attached hydrogen (secondary N) is 1. The molecule has 0 amide bonds. The molecule has 0 aliphatic carbocycles. The van der Waals surface area contributed by atoms with Crippen LogP contribution >= 0.6 is 23.1 Å². The molecular weight excluding hydrogens is 295 g/mol. The third kappa shape index (κ3) is 2.60. The molecule has 0 atom stereocenters. The fourth-order valence-electron chi connectivity index (χ4n) is 1.78. The van der Waals surface area contributed by atoms with Gasteiger partial charge in [-0.25, -0.2) is 20.2 Å². The number of halogens is 1. The van der Waals surface area contributed by atoms with Gasteiger partial charge in [0, 0.05) is 4.90 Å². The van der Waals surface area contributed by atoms with E-state index in [-0.39, 0.29) is 5.82 Å². The number of hydrogen-bond donors (Lipinski definition) is 2. The summed E-state index contributed by atoms with van der Waals surface area (Å²) in [5.41, 5.74) is 2.58. The number of benzene rings is 1. The number of aromatic nitrogens is 2. The predicted octanol–water partition coefficient (Wildman–Crippen LogP) is 3.41. The van der Waals surface area contributed by atoms with Gasteiger partial charge >= 0.3 is 0 Å². The molecule has 0 radical (unpaired) electrons. The predicted molar refractivity (Wildman–Crippen MR) is 81.2 cm³/mol. The van der Waals surface area contributed by atoms with Gasteiger partial charge < -0.3 is 5.43 Å². The second-order valence-corrected chi connectivity index (χ2v) is 5.90. The first kappa shape index (κ1) is 13.3. The van der Waals surface area contributed by atoms with Gasteiger partial charge in [0.15, 0.2) is 5.82 Å². The second-order valence-electron chi connectivity index (χ2n) is 3.99. The van der Waals surface area contributed by atoms with Crippen LogP contribution in [0.15, 0.2) is 40.6 Å². The number of hydrogen-bond acceptors (Lipinski definition) is 6. The fraction of sp³-hybridized carbons (Fsp3) is 0.0769. The van der Waals surface area contributed by atoms with Crippen LogP contribution in [0, 0.1) is 5.82 Å². The van der Waals surface area contributed by atoms with Crippen molar-refractivity contribution in [2.24, 2.45) is 5.84 Å². The minimum Gasteiger partial charge on any atom is -0.308 e. The van der Waals surface area contributed by atoms with Crippen LogP contribution in [0.5, 0.6) is 0 Å². The Morgan fingerprint density at radius 2 is 2.10 bits per heavy atom. The molecule has 0 spiro atoms.